The van der Waals surface area contributed by atoms with Crippen LogP contribution in [-0.4, -0.2) is 26.8 Å². The van der Waals surface area contributed by atoms with Gasteiger partial charge in [0.05, 0.1) is 11.4 Å². The third-order valence-electron chi connectivity index (χ3n) is 4.31. The number of nitrogens with one attached hydrogen (secondary N) is 2. The Labute approximate surface area is 157 Å². The molecule has 7 nitrogen and oxygen atoms in total. The first-order valence-corrected chi connectivity index (χ1v) is 8.54. The number of aromatic nitrogens is 3. The Morgan fingerprint density at radius 2 is 1.52 bits per heavy atom. The number of hydrogen-bond donors (Lipinski definition) is 2. The minimum absolute atomic E-state index is 0.148. The van der Waals surface area contributed by atoms with Crippen LogP contribution in [0.25, 0.3) is 5.69 Å². The molecule has 0 spiro atoms. The summed E-state index contributed by atoms with van der Waals surface area (Å²) >= 11 is 0. The minimum atomic E-state index is -0.338. The van der Waals surface area contributed by atoms with Crippen molar-refractivity contribution in [3.8, 4) is 5.69 Å². The molecule has 0 bridgehead atoms. The van der Waals surface area contributed by atoms with E-state index in [0.717, 1.165) is 11.3 Å². The first-order valence-electron chi connectivity index (χ1n) is 8.54. The topological polar surface area (TPSA) is 88.9 Å². The average molecular weight is 363 g/mol. The number of carbonyl (C=O) groups excluding carboxylic acids is 2. The number of amides is 2. The van der Waals surface area contributed by atoms with Crippen LogP contribution in [0.1, 0.15) is 34.2 Å². The molecule has 7 heteroatoms. The van der Waals surface area contributed by atoms with Crippen LogP contribution in [0.15, 0.2) is 42.5 Å². The smallest absolute Gasteiger partial charge is 0.278 e. The number of carbonyl (C=O) groups is 2. The first kappa shape index (κ1) is 18.3. The number of anilines is 2. The zero-order valence-electron chi connectivity index (χ0n) is 15.7. The molecule has 0 fully saturated rings. The zero-order chi connectivity index (χ0) is 19.6. The molecule has 27 heavy (non-hydrogen) atoms. The second kappa shape index (κ2) is 7.41. The van der Waals surface area contributed by atoms with Crippen LogP contribution in [0.2, 0.25) is 0 Å². The Hall–Kier alpha value is -3.48. The fourth-order valence-corrected chi connectivity index (χ4v) is 2.67. The Morgan fingerprint density at radius 3 is 2.11 bits per heavy atom. The second-order valence-electron chi connectivity index (χ2n) is 6.42. The SMILES string of the molecule is CC(=O)Nc1ccc(NC(=O)c2nnn(-c3ccc(C)c(C)c3)c2C)cc1. The highest BCUT2D eigenvalue weighted by molar-refractivity contribution is 6.03. The van der Waals surface area contributed by atoms with E-state index in [2.05, 4.69) is 20.9 Å². The van der Waals surface area contributed by atoms with Crippen LogP contribution in [-0.2, 0) is 4.79 Å². The Bertz CT molecular complexity index is 1010. The van der Waals surface area contributed by atoms with Crippen molar-refractivity contribution in [2.45, 2.75) is 27.7 Å². The summed E-state index contributed by atoms with van der Waals surface area (Å²) in [4.78, 5) is 23.6. The standard InChI is InChI=1S/C20H21N5O2/c1-12-5-10-18(11-13(12)2)25-14(3)19(23-24-25)20(27)22-17-8-6-16(7-9-17)21-15(4)26/h5-11H,1-4H3,(H,21,26)(H,22,27). The molecule has 3 rings (SSSR count). The van der Waals surface area contributed by atoms with E-state index in [-0.39, 0.29) is 17.5 Å². The van der Waals surface area contributed by atoms with E-state index in [1.807, 2.05) is 39.0 Å². The van der Waals surface area contributed by atoms with Crippen LogP contribution in [0.5, 0.6) is 0 Å². The van der Waals surface area contributed by atoms with Gasteiger partial charge in [-0.1, -0.05) is 11.3 Å². The van der Waals surface area contributed by atoms with E-state index in [1.54, 1.807) is 28.9 Å². The molecule has 2 N–H and O–H groups in total. The van der Waals surface area contributed by atoms with Gasteiger partial charge in [0, 0.05) is 18.3 Å². The van der Waals surface area contributed by atoms with Crippen molar-refractivity contribution < 1.29 is 9.59 Å². The molecule has 0 atom stereocenters. The largest absolute Gasteiger partial charge is 0.326 e. The molecule has 0 aliphatic carbocycles. The van der Waals surface area contributed by atoms with E-state index in [0.29, 0.717) is 17.1 Å². The predicted octanol–water partition coefficient (Wildman–Crippen LogP) is 3.40. The van der Waals surface area contributed by atoms with Crippen LogP contribution in [0.3, 0.4) is 0 Å². The summed E-state index contributed by atoms with van der Waals surface area (Å²) < 4.78 is 1.65. The van der Waals surface area contributed by atoms with Gasteiger partial charge in [-0.25, -0.2) is 4.68 Å². The van der Waals surface area contributed by atoms with Gasteiger partial charge in [-0.05, 0) is 68.3 Å². The number of rotatable bonds is 4. The lowest BCUT2D eigenvalue weighted by molar-refractivity contribution is -0.114. The van der Waals surface area contributed by atoms with Gasteiger partial charge in [0.2, 0.25) is 5.91 Å². The lowest BCUT2D eigenvalue weighted by atomic mass is 10.1. The van der Waals surface area contributed by atoms with Gasteiger partial charge in [0.15, 0.2) is 5.69 Å². The molecule has 0 aliphatic heterocycles. The second-order valence-corrected chi connectivity index (χ2v) is 6.42. The van der Waals surface area contributed by atoms with E-state index in [9.17, 15) is 9.59 Å². The monoisotopic (exact) mass is 363 g/mol. The Kier molecular flexibility index (Phi) is 5.03. The van der Waals surface area contributed by atoms with Crippen molar-refractivity contribution in [1.82, 2.24) is 15.0 Å². The predicted molar refractivity (Wildman–Crippen MR) is 104 cm³/mol. The molecule has 1 aromatic heterocycles. The van der Waals surface area contributed by atoms with Crippen LogP contribution in [0.4, 0.5) is 11.4 Å². The van der Waals surface area contributed by atoms with Crippen LogP contribution >= 0.6 is 0 Å². The number of aryl methyl sites for hydroxylation is 2. The molecule has 0 saturated carbocycles. The molecule has 0 saturated heterocycles. The van der Waals surface area contributed by atoms with Gasteiger partial charge in [-0.3, -0.25) is 9.59 Å². The van der Waals surface area contributed by atoms with Gasteiger partial charge in [0.1, 0.15) is 0 Å². The van der Waals surface area contributed by atoms with Gasteiger partial charge < -0.3 is 10.6 Å². The highest BCUT2D eigenvalue weighted by Crippen LogP contribution is 2.18. The number of nitrogens with zero attached hydrogens (tertiary/aromatic N) is 3. The average Bonchev–Trinajstić information content (AvgIpc) is 3.00. The molecule has 0 unspecified atom stereocenters. The molecule has 2 amide bonds. The van der Waals surface area contributed by atoms with Crippen molar-refractivity contribution in [2.24, 2.45) is 0 Å². The van der Waals surface area contributed by atoms with Gasteiger partial charge in [0.25, 0.3) is 5.91 Å². The molecule has 2 aromatic carbocycles. The maximum absolute atomic E-state index is 12.6. The van der Waals surface area contributed by atoms with E-state index >= 15 is 0 Å². The molecular weight excluding hydrogens is 342 g/mol. The molecule has 1 heterocycles. The summed E-state index contributed by atoms with van der Waals surface area (Å²) in [6, 6.07) is 12.8. The molecule has 138 valence electrons. The van der Waals surface area contributed by atoms with E-state index in [4.69, 9.17) is 0 Å². The maximum Gasteiger partial charge on any atom is 0.278 e. The molecular formula is C20H21N5O2. The van der Waals surface area contributed by atoms with Crippen molar-refractivity contribution >= 4 is 23.2 Å². The van der Waals surface area contributed by atoms with Gasteiger partial charge in [-0.15, -0.1) is 5.10 Å². The van der Waals surface area contributed by atoms with Gasteiger partial charge >= 0.3 is 0 Å². The summed E-state index contributed by atoms with van der Waals surface area (Å²) in [5.74, 6) is -0.486. The lowest BCUT2D eigenvalue weighted by Crippen LogP contribution is -2.14. The quantitative estimate of drug-likeness (QED) is 0.743. The fourth-order valence-electron chi connectivity index (χ4n) is 2.67. The van der Waals surface area contributed by atoms with Crippen molar-refractivity contribution in [3.63, 3.8) is 0 Å². The van der Waals surface area contributed by atoms with Crippen molar-refractivity contribution in [2.75, 3.05) is 10.6 Å². The third-order valence-corrected chi connectivity index (χ3v) is 4.31. The normalized spacial score (nSPS) is 10.5. The molecule has 0 aliphatic rings. The van der Waals surface area contributed by atoms with Crippen LogP contribution in [0, 0.1) is 20.8 Å². The van der Waals surface area contributed by atoms with E-state index < -0.39 is 0 Å². The molecule has 3 aromatic rings. The fraction of sp³-hybridized carbons (Fsp3) is 0.200. The van der Waals surface area contributed by atoms with Gasteiger partial charge in [-0.2, -0.15) is 0 Å². The summed E-state index contributed by atoms with van der Waals surface area (Å²) in [6.45, 7) is 7.33. The van der Waals surface area contributed by atoms with Crippen LogP contribution < -0.4 is 10.6 Å². The zero-order valence-corrected chi connectivity index (χ0v) is 15.7. The van der Waals surface area contributed by atoms with Crippen molar-refractivity contribution in [3.05, 3.63) is 65.0 Å². The Balaban J connectivity index is 1.78. The third kappa shape index (κ3) is 4.03. The molecule has 0 radical (unpaired) electrons. The highest BCUT2D eigenvalue weighted by Gasteiger charge is 2.17. The number of hydrogen-bond acceptors (Lipinski definition) is 4. The summed E-state index contributed by atoms with van der Waals surface area (Å²) in [6.07, 6.45) is 0. The first-order chi connectivity index (χ1) is 12.8. The summed E-state index contributed by atoms with van der Waals surface area (Å²) in [7, 11) is 0. The highest BCUT2D eigenvalue weighted by atomic mass is 16.2. The Morgan fingerprint density at radius 1 is 0.889 bits per heavy atom. The lowest BCUT2D eigenvalue weighted by Gasteiger charge is -2.08. The maximum atomic E-state index is 12.6. The summed E-state index contributed by atoms with van der Waals surface area (Å²) in [5.41, 5.74) is 5.39. The minimum Gasteiger partial charge on any atom is -0.326 e. The number of benzene rings is 2. The summed E-state index contributed by atoms with van der Waals surface area (Å²) in [5, 5.41) is 13.6. The van der Waals surface area contributed by atoms with Crippen molar-refractivity contribution in [1.29, 1.82) is 0 Å². The van der Waals surface area contributed by atoms with E-state index in [1.165, 1.54) is 12.5 Å².